The molecule has 0 spiro atoms. The molecule has 2 aromatic heterocycles. The van der Waals surface area contributed by atoms with Gasteiger partial charge in [-0.2, -0.15) is 5.10 Å². The summed E-state index contributed by atoms with van der Waals surface area (Å²) in [6, 6.07) is 7.27. The first-order valence-electron chi connectivity index (χ1n) is 8.20. The van der Waals surface area contributed by atoms with Gasteiger partial charge < -0.3 is 9.88 Å². The fourth-order valence-corrected chi connectivity index (χ4v) is 3.21. The molecular formula is C19H22N4O2. The Labute approximate surface area is 146 Å². The molecule has 0 aliphatic heterocycles. The number of benzene rings is 1. The van der Waals surface area contributed by atoms with Crippen molar-refractivity contribution in [3.8, 4) is 0 Å². The second-order valence-corrected chi connectivity index (χ2v) is 6.45. The lowest BCUT2D eigenvalue weighted by atomic mass is 9.98. The molecule has 1 unspecified atom stereocenters. The minimum absolute atomic E-state index is 0.0828. The van der Waals surface area contributed by atoms with Crippen LogP contribution in [0, 0.1) is 13.8 Å². The number of aryl methyl sites for hydroxylation is 3. The van der Waals surface area contributed by atoms with Crippen LogP contribution < -0.4 is 10.9 Å². The highest BCUT2D eigenvalue weighted by molar-refractivity contribution is 5.97. The number of carbonyl (C=O) groups is 1. The summed E-state index contributed by atoms with van der Waals surface area (Å²) >= 11 is 0. The molecule has 0 bridgehead atoms. The number of nitrogens with zero attached hydrogens (tertiary/aromatic N) is 3. The Balaban J connectivity index is 1.91. The van der Waals surface area contributed by atoms with Gasteiger partial charge in [0.05, 0.1) is 11.6 Å². The molecule has 1 atom stereocenters. The summed E-state index contributed by atoms with van der Waals surface area (Å²) in [7, 11) is 3.58. The van der Waals surface area contributed by atoms with Gasteiger partial charge in [-0.05, 0) is 44.4 Å². The maximum Gasteiger partial charge on any atom is 0.258 e. The first-order chi connectivity index (χ1) is 11.8. The van der Waals surface area contributed by atoms with E-state index in [2.05, 4.69) is 10.4 Å². The summed E-state index contributed by atoms with van der Waals surface area (Å²) in [6.45, 7) is 5.73. The van der Waals surface area contributed by atoms with Crippen LogP contribution in [0.2, 0.25) is 0 Å². The van der Waals surface area contributed by atoms with Gasteiger partial charge in [-0.25, -0.2) is 0 Å². The second-order valence-electron chi connectivity index (χ2n) is 6.45. The highest BCUT2D eigenvalue weighted by Gasteiger charge is 2.22. The first kappa shape index (κ1) is 17.0. The van der Waals surface area contributed by atoms with E-state index < -0.39 is 0 Å². The largest absolute Gasteiger partial charge is 0.326 e. The maximum absolute atomic E-state index is 12.7. The smallest absolute Gasteiger partial charge is 0.258 e. The third-order valence-electron chi connectivity index (χ3n) is 4.74. The predicted molar refractivity (Wildman–Crippen MR) is 98.9 cm³/mol. The lowest BCUT2D eigenvalue weighted by Crippen LogP contribution is -2.20. The maximum atomic E-state index is 12.7. The van der Waals surface area contributed by atoms with E-state index in [1.54, 1.807) is 24.0 Å². The van der Waals surface area contributed by atoms with Crippen molar-refractivity contribution in [2.24, 2.45) is 14.1 Å². The van der Waals surface area contributed by atoms with Crippen LogP contribution in [-0.4, -0.2) is 20.3 Å². The zero-order chi connectivity index (χ0) is 18.3. The van der Waals surface area contributed by atoms with Gasteiger partial charge in [0.25, 0.3) is 5.56 Å². The monoisotopic (exact) mass is 338 g/mol. The number of fused-ring (bicyclic) bond motifs is 1. The van der Waals surface area contributed by atoms with Gasteiger partial charge in [-0.3, -0.25) is 14.3 Å². The molecular weight excluding hydrogens is 316 g/mol. The molecule has 6 nitrogen and oxygen atoms in total. The average Bonchev–Trinajstić information content (AvgIpc) is 2.83. The van der Waals surface area contributed by atoms with Crippen LogP contribution in [0.4, 0.5) is 5.69 Å². The third kappa shape index (κ3) is 2.95. The summed E-state index contributed by atoms with van der Waals surface area (Å²) in [4.78, 5) is 24.9. The average molecular weight is 338 g/mol. The summed E-state index contributed by atoms with van der Waals surface area (Å²) in [5, 5.41) is 8.74. The van der Waals surface area contributed by atoms with Gasteiger partial charge in [-0.1, -0.05) is 6.07 Å². The van der Waals surface area contributed by atoms with Crippen molar-refractivity contribution in [3.63, 3.8) is 0 Å². The molecule has 130 valence electrons. The van der Waals surface area contributed by atoms with Crippen LogP contribution in [0.15, 0.2) is 35.3 Å². The van der Waals surface area contributed by atoms with Gasteiger partial charge in [0.1, 0.15) is 0 Å². The van der Waals surface area contributed by atoms with Gasteiger partial charge in [0, 0.05) is 42.6 Å². The molecule has 2 heterocycles. The Hall–Kier alpha value is -2.89. The molecule has 1 amide bonds. The summed E-state index contributed by atoms with van der Waals surface area (Å²) < 4.78 is 3.31. The molecule has 3 rings (SSSR count). The molecule has 0 radical (unpaired) electrons. The molecule has 1 aromatic carbocycles. The SMILES string of the molecule is Cc1nn(C)c(C)c1C(C)C(=O)Nc1ccc2ccn(C)c(=O)c2c1. The van der Waals surface area contributed by atoms with E-state index in [-0.39, 0.29) is 17.4 Å². The Morgan fingerprint density at radius 1 is 1.20 bits per heavy atom. The molecule has 0 aliphatic rings. The molecule has 0 saturated carbocycles. The fraction of sp³-hybridized carbons (Fsp3) is 0.316. The fourth-order valence-electron chi connectivity index (χ4n) is 3.21. The molecule has 6 heteroatoms. The molecule has 0 fully saturated rings. The number of nitrogens with one attached hydrogen (secondary N) is 1. The molecule has 25 heavy (non-hydrogen) atoms. The van der Waals surface area contributed by atoms with Crippen molar-refractivity contribution in [1.29, 1.82) is 0 Å². The molecule has 3 aromatic rings. The van der Waals surface area contributed by atoms with E-state index in [9.17, 15) is 9.59 Å². The van der Waals surface area contributed by atoms with E-state index in [4.69, 9.17) is 0 Å². The quantitative estimate of drug-likeness (QED) is 0.798. The number of hydrogen-bond donors (Lipinski definition) is 1. The number of pyridine rings is 1. The number of hydrogen-bond acceptors (Lipinski definition) is 3. The van der Waals surface area contributed by atoms with Crippen LogP contribution in [0.25, 0.3) is 10.8 Å². The normalized spacial score (nSPS) is 12.4. The molecule has 0 aliphatic carbocycles. The first-order valence-corrected chi connectivity index (χ1v) is 8.20. The van der Waals surface area contributed by atoms with E-state index >= 15 is 0 Å². The van der Waals surface area contributed by atoms with Gasteiger partial charge >= 0.3 is 0 Å². The topological polar surface area (TPSA) is 68.9 Å². The Morgan fingerprint density at radius 3 is 2.56 bits per heavy atom. The van der Waals surface area contributed by atoms with Crippen LogP contribution >= 0.6 is 0 Å². The highest BCUT2D eigenvalue weighted by Crippen LogP contribution is 2.25. The zero-order valence-corrected chi connectivity index (χ0v) is 15.1. The Kier molecular flexibility index (Phi) is 4.20. The number of carbonyl (C=O) groups excluding carboxylic acids is 1. The van der Waals surface area contributed by atoms with Crippen molar-refractivity contribution in [2.45, 2.75) is 26.7 Å². The standard InChI is InChI=1S/C19H22N4O2/c1-11(17-12(2)21-23(5)13(17)3)18(24)20-15-7-6-14-8-9-22(4)19(25)16(14)10-15/h6-11H,1-5H3,(H,20,24). The molecule has 0 saturated heterocycles. The van der Waals surface area contributed by atoms with Gasteiger partial charge in [0.2, 0.25) is 5.91 Å². The highest BCUT2D eigenvalue weighted by atomic mass is 16.2. The van der Waals surface area contributed by atoms with Crippen molar-refractivity contribution in [3.05, 3.63) is 57.8 Å². The predicted octanol–water partition coefficient (Wildman–Crippen LogP) is 2.63. The number of amides is 1. The van der Waals surface area contributed by atoms with Crippen LogP contribution in [0.3, 0.4) is 0 Å². The lowest BCUT2D eigenvalue weighted by Gasteiger charge is -2.13. The zero-order valence-electron chi connectivity index (χ0n) is 15.1. The van der Waals surface area contributed by atoms with Crippen molar-refractivity contribution in [1.82, 2.24) is 14.3 Å². The van der Waals surface area contributed by atoms with E-state index in [1.165, 1.54) is 4.57 Å². The van der Waals surface area contributed by atoms with Crippen molar-refractivity contribution < 1.29 is 4.79 Å². The van der Waals surface area contributed by atoms with Gasteiger partial charge in [0.15, 0.2) is 0 Å². The Bertz CT molecular complexity index is 1030. The van der Waals surface area contributed by atoms with E-state index in [1.807, 2.05) is 46.0 Å². The van der Waals surface area contributed by atoms with Gasteiger partial charge in [-0.15, -0.1) is 0 Å². The van der Waals surface area contributed by atoms with Crippen molar-refractivity contribution >= 4 is 22.4 Å². The summed E-state index contributed by atoms with van der Waals surface area (Å²) in [5.74, 6) is -0.450. The summed E-state index contributed by atoms with van der Waals surface area (Å²) in [5.41, 5.74) is 3.31. The minimum Gasteiger partial charge on any atom is -0.326 e. The second kappa shape index (κ2) is 6.20. The van der Waals surface area contributed by atoms with Crippen LogP contribution in [0.1, 0.15) is 29.8 Å². The third-order valence-corrected chi connectivity index (χ3v) is 4.74. The van der Waals surface area contributed by atoms with Crippen LogP contribution in [0.5, 0.6) is 0 Å². The van der Waals surface area contributed by atoms with Crippen molar-refractivity contribution in [2.75, 3.05) is 5.32 Å². The number of rotatable bonds is 3. The summed E-state index contributed by atoms with van der Waals surface area (Å²) in [6.07, 6.45) is 1.74. The molecule has 1 N–H and O–H groups in total. The lowest BCUT2D eigenvalue weighted by molar-refractivity contribution is -0.117. The Morgan fingerprint density at radius 2 is 1.92 bits per heavy atom. The van der Waals surface area contributed by atoms with E-state index in [0.717, 1.165) is 22.3 Å². The number of anilines is 1. The minimum atomic E-state index is -0.331. The number of aromatic nitrogens is 3. The van der Waals surface area contributed by atoms with Crippen LogP contribution in [-0.2, 0) is 18.9 Å². The van der Waals surface area contributed by atoms with E-state index in [0.29, 0.717) is 11.1 Å².